The van der Waals surface area contributed by atoms with Crippen LogP contribution in [-0.2, 0) is 4.79 Å². The van der Waals surface area contributed by atoms with Crippen molar-refractivity contribution in [2.45, 2.75) is 6.92 Å². The van der Waals surface area contributed by atoms with E-state index in [1.54, 1.807) is 5.38 Å². The molecule has 118 valence electrons. The zero-order valence-corrected chi connectivity index (χ0v) is 12.8. The van der Waals surface area contributed by atoms with Gasteiger partial charge in [0.05, 0.1) is 5.01 Å². The summed E-state index contributed by atoms with van der Waals surface area (Å²) in [6.45, 7) is 1.60. The van der Waals surface area contributed by atoms with Gasteiger partial charge in [0, 0.05) is 5.38 Å². The molecule has 2 heterocycles. The quantitative estimate of drug-likeness (QED) is 0.771. The first-order valence-corrected chi connectivity index (χ1v) is 7.42. The molecular formula is C14H11FN4O3S. The molecule has 0 spiro atoms. The number of hydrogen-bond acceptors (Lipinski definition) is 7. The fourth-order valence-electron chi connectivity index (χ4n) is 1.67. The van der Waals surface area contributed by atoms with E-state index >= 15 is 0 Å². The molecule has 0 atom stereocenters. The molecule has 1 amide bonds. The van der Waals surface area contributed by atoms with Gasteiger partial charge in [-0.3, -0.25) is 10.1 Å². The van der Waals surface area contributed by atoms with Crippen LogP contribution in [0.2, 0.25) is 0 Å². The average molecular weight is 334 g/mol. The number of nitrogens with zero attached hydrogens (tertiary/aromatic N) is 3. The number of rotatable bonds is 5. The van der Waals surface area contributed by atoms with E-state index in [0.29, 0.717) is 11.4 Å². The molecule has 1 N–H and O–H groups in total. The summed E-state index contributed by atoms with van der Waals surface area (Å²) in [7, 11) is 0. The number of aryl methyl sites for hydroxylation is 1. The summed E-state index contributed by atoms with van der Waals surface area (Å²) in [6.07, 6.45) is 0. The Morgan fingerprint density at radius 3 is 2.83 bits per heavy atom. The van der Waals surface area contributed by atoms with Gasteiger partial charge < -0.3 is 9.15 Å². The molecule has 3 rings (SSSR count). The van der Waals surface area contributed by atoms with Crippen LogP contribution in [0.5, 0.6) is 5.75 Å². The minimum Gasteiger partial charge on any atom is -0.484 e. The maximum absolute atomic E-state index is 12.7. The van der Waals surface area contributed by atoms with E-state index in [4.69, 9.17) is 9.15 Å². The van der Waals surface area contributed by atoms with E-state index < -0.39 is 5.91 Å². The van der Waals surface area contributed by atoms with Crippen LogP contribution < -0.4 is 10.1 Å². The molecule has 0 fully saturated rings. The van der Waals surface area contributed by atoms with E-state index in [0.717, 1.165) is 5.01 Å². The van der Waals surface area contributed by atoms with Crippen molar-refractivity contribution in [3.63, 3.8) is 0 Å². The molecule has 3 aromatic rings. The number of halogens is 1. The third-order valence-electron chi connectivity index (χ3n) is 2.69. The Labute approximate surface area is 134 Å². The molecular weight excluding hydrogens is 323 g/mol. The Morgan fingerprint density at radius 1 is 1.35 bits per heavy atom. The molecule has 1 aromatic carbocycles. The van der Waals surface area contributed by atoms with Gasteiger partial charge in [0.1, 0.15) is 17.3 Å². The van der Waals surface area contributed by atoms with Crippen molar-refractivity contribution in [1.29, 1.82) is 0 Å². The molecule has 0 saturated heterocycles. The van der Waals surface area contributed by atoms with Gasteiger partial charge in [0.15, 0.2) is 6.61 Å². The standard InChI is InChI=1S/C14H11FN4O3S/c1-8-16-11(7-23-8)13-18-19-14(22-13)17-12(20)6-21-10-4-2-9(15)3-5-10/h2-5,7H,6H2,1H3,(H,17,19,20). The van der Waals surface area contributed by atoms with Gasteiger partial charge in [-0.05, 0) is 31.2 Å². The highest BCUT2D eigenvalue weighted by molar-refractivity contribution is 7.09. The number of nitrogens with one attached hydrogen (secondary N) is 1. The molecule has 7 nitrogen and oxygen atoms in total. The summed E-state index contributed by atoms with van der Waals surface area (Å²) < 4.78 is 23.3. The maximum atomic E-state index is 12.7. The lowest BCUT2D eigenvalue weighted by Crippen LogP contribution is -2.20. The Morgan fingerprint density at radius 2 is 2.13 bits per heavy atom. The van der Waals surface area contributed by atoms with E-state index in [-0.39, 0.29) is 24.3 Å². The summed E-state index contributed by atoms with van der Waals surface area (Å²) in [4.78, 5) is 16.0. The summed E-state index contributed by atoms with van der Waals surface area (Å²) in [5.74, 6) is -0.244. The van der Waals surface area contributed by atoms with E-state index in [1.807, 2.05) is 6.92 Å². The Kier molecular flexibility index (Phi) is 4.29. The molecule has 0 radical (unpaired) electrons. The van der Waals surface area contributed by atoms with Crippen LogP contribution in [0.15, 0.2) is 34.1 Å². The van der Waals surface area contributed by atoms with Crippen LogP contribution >= 0.6 is 11.3 Å². The molecule has 0 aliphatic rings. The lowest BCUT2D eigenvalue weighted by Gasteiger charge is -2.04. The van der Waals surface area contributed by atoms with E-state index in [9.17, 15) is 9.18 Å². The second kappa shape index (κ2) is 6.53. The van der Waals surface area contributed by atoms with Crippen LogP contribution in [-0.4, -0.2) is 27.7 Å². The Hall–Kier alpha value is -2.81. The number of carbonyl (C=O) groups excluding carboxylic acids is 1. The Balaban J connectivity index is 1.56. The third kappa shape index (κ3) is 3.89. The molecule has 9 heteroatoms. The van der Waals surface area contributed by atoms with E-state index in [2.05, 4.69) is 20.5 Å². The van der Waals surface area contributed by atoms with Crippen molar-refractivity contribution in [2.24, 2.45) is 0 Å². The number of anilines is 1. The topological polar surface area (TPSA) is 90.1 Å². The largest absolute Gasteiger partial charge is 0.484 e. The predicted octanol–water partition coefficient (Wildman–Crippen LogP) is 2.66. The number of carbonyl (C=O) groups is 1. The monoisotopic (exact) mass is 334 g/mol. The number of aromatic nitrogens is 3. The molecule has 0 bridgehead atoms. The zero-order chi connectivity index (χ0) is 16.2. The van der Waals surface area contributed by atoms with Crippen LogP contribution in [0.1, 0.15) is 5.01 Å². The molecule has 0 saturated carbocycles. The highest BCUT2D eigenvalue weighted by Gasteiger charge is 2.13. The van der Waals surface area contributed by atoms with E-state index in [1.165, 1.54) is 35.6 Å². The number of thiazole rings is 1. The van der Waals surface area contributed by atoms with Crippen molar-refractivity contribution in [1.82, 2.24) is 15.2 Å². The molecule has 2 aromatic heterocycles. The van der Waals surface area contributed by atoms with Crippen LogP contribution in [0, 0.1) is 12.7 Å². The molecule has 0 aliphatic carbocycles. The van der Waals surface area contributed by atoms with Gasteiger partial charge in [-0.1, -0.05) is 5.10 Å². The van der Waals surface area contributed by atoms with Gasteiger partial charge in [0.2, 0.25) is 0 Å². The fourth-order valence-corrected chi connectivity index (χ4v) is 2.26. The van der Waals surface area contributed by atoms with Crippen molar-refractivity contribution >= 4 is 23.3 Å². The number of ether oxygens (including phenoxy) is 1. The van der Waals surface area contributed by atoms with Gasteiger partial charge in [-0.25, -0.2) is 9.37 Å². The van der Waals surface area contributed by atoms with Crippen LogP contribution in [0.4, 0.5) is 10.4 Å². The van der Waals surface area contributed by atoms with Gasteiger partial charge in [-0.2, -0.15) is 0 Å². The van der Waals surface area contributed by atoms with Crippen molar-refractivity contribution in [3.8, 4) is 17.3 Å². The third-order valence-corrected chi connectivity index (χ3v) is 3.47. The molecule has 0 aliphatic heterocycles. The molecule has 0 unspecified atom stereocenters. The summed E-state index contributed by atoms with van der Waals surface area (Å²) in [5, 5.41) is 12.6. The van der Waals surface area contributed by atoms with Crippen molar-refractivity contribution in [3.05, 3.63) is 40.5 Å². The first-order chi connectivity index (χ1) is 11.1. The maximum Gasteiger partial charge on any atom is 0.322 e. The Bertz CT molecular complexity index is 816. The van der Waals surface area contributed by atoms with Gasteiger partial charge in [0.25, 0.3) is 11.8 Å². The average Bonchev–Trinajstić information content (AvgIpc) is 3.16. The normalized spacial score (nSPS) is 10.5. The predicted molar refractivity (Wildman–Crippen MR) is 80.7 cm³/mol. The summed E-state index contributed by atoms with van der Waals surface area (Å²) in [6, 6.07) is 5.30. The van der Waals surface area contributed by atoms with Crippen molar-refractivity contribution in [2.75, 3.05) is 11.9 Å². The first kappa shape index (κ1) is 15.1. The van der Waals surface area contributed by atoms with Gasteiger partial charge >= 0.3 is 6.01 Å². The second-order valence-electron chi connectivity index (χ2n) is 4.45. The molecule has 23 heavy (non-hydrogen) atoms. The minimum atomic E-state index is -0.473. The summed E-state index contributed by atoms with van der Waals surface area (Å²) >= 11 is 1.46. The minimum absolute atomic E-state index is 0.0432. The number of hydrogen-bond donors (Lipinski definition) is 1. The van der Waals surface area contributed by atoms with Crippen LogP contribution in [0.25, 0.3) is 11.6 Å². The second-order valence-corrected chi connectivity index (χ2v) is 5.52. The van der Waals surface area contributed by atoms with Crippen LogP contribution in [0.3, 0.4) is 0 Å². The van der Waals surface area contributed by atoms with Crippen molar-refractivity contribution < 1.29 is 18.3 Å². The lowest BCUT2D eigenvalue weighted by molar-refractivity contribution is -0.118. The lowest BCUT2D eigenvalue weighted by atomic mass is 10.3. The highest BCUT2D eigenvalue weighted by atomic mass is 32.1. The highest BCUT2D eigenvalue weighted by Crippen LogP contribution is 2.21. The fraction of sp³-hybridized carbons (Fsp3) is 0.143. The number of amides is 1. The zero-order valence-electron chi connectivity index (χ0n) is 11.9. The number of benzene rings is 1. The SMILES string of the molecule is Cc1nc(-c2nnc(NC(=O)COc3ccc(F)cc3)o2)cs1. The first-order valence-electron chi connectivity index (χ1n) is 6.54. The summed E-state index contributed by atoms with van der Waals surface area (Å²) in [5.41, 5.74) is 0.558. The smallest absolute Gasteiger partial charge is 0.322 e. The van der Waals surface area contributed by atoms with Gasteiger partial charge in [-0.15, -0.1) is 16.4 Å².